The largest absolute Gasteiger partial charge is 0.497 e. The van der Waals surface area contributed by atoms with Gasteiger partial charge in [-0.1, -0.05) is 0 Å². The van der Waals surface area contributed by atoms with Gasteiger partial charge in [-0.3, -0.25) is 0 Å². The van der Waals surface area contributed by atoms with Gasteiger partial charge in [-0.05, 0) is 24.3 Å². The summed E-state index contributed by atoms with van der Waals surface area (Å²) in [4.78, 5) is 3.47. The summed E-state index contributed by atoms with van der Waals surface area (Å²) < 4.78 is 42.0. The number of nitrogens with zero attached hydrogens (tertiary/aromatic N) is 1. The molecule has 2 aromatic rings. The summed E-state index contributed by atoms with van der Waals surface area (Å²) in [6.45, 7) is 0. The maximum absolute atomic E-state index is 12.3. The first kappa shape index (κ1) is 12.7. The van der Waals surface area contributed by atoms with Gasteiger partial charge < -0.3 is 10.1 Å². The van der Waals surface area contributed by atoms with Crippen LogP contribution in [-0.2, 0) is 6.18 Å². The van der Waals surface area contributed by atoms with Crippen LogP contribution in [0.4, 0.5) is 24.0 Å². The van der Waals surface area contributed by atoms with Crippen LogP contribution in [0.1, 0.15) is 5.69 Å². The van der Waals surface area contributed by atoms with E-state index in [1.54, 1.807) is 31.4 Å². The lowest BCUT2D eigenvalue weighted by Gasteiger charge is -2.04. The van der Waals surface area contributed by atoms with Crippen molar-refractivity contribution in [2.24, 2.45) is 0 Å². The van der Waals surface area contributed by atoms with Crippen molar-refractivity contribution in [2.75, 3.05) is 12.4 Å². The Morgan fingerprint density at radius 2 is 1.89 bits per heavy atom. The second-order valence-corrected chi connectivity index (χ2v) is 4.25. The number of benzene rings is 1. The number of methoxy groups -OCH3 is 1. The fourth-order valence-electron chi connectivity index (χ4n) is 1.26. The third kappa shape index (κ3) is 2.92. The third-order valence-electron chi connectivity index (χ3n) is 2.14. The van der Waals surface area contributed by atoms with Gasteiger partial charge in [0.15, 0.2) is 10.8 Å². The molecular formula is C11H9F3N2OS. The molecule has 0 aliphatic rings. The van der Waals surface area contributed by atoms with Crippen LogP contribution in [0.3, 0.4) is 0 Å². The van der Waals surface area contributed by atoms with E-state index in [0.717, 1.165) is 16.7 Å². The normalized spacial score (nSPS) is 11.3. The molecule has 0 bridgehead atoms. The van der Waals surface area contributed by atoms with E-state index in [2.05, 4.69) is 10.3 Å². The summed E-state index contributed by atoms with van der Waals surface area (Å²) in [5, 5.41) is 3.98. The minimum absolute atomic E-state index is 0.201. The lowest BCUT2D eigenvalue weighted by molar-refractivity contribution is -0.140. The van der Waals surface area contributed by atoms with E-state index in [0.29, 0.717) is 11.4 Å². The van der Waals surface area contributed by atoms with E-state index in [1.165, 1.54) is 0 Å². The number of anilines is 2. The fraction of sp³-hybridized carbons (Fsp3) is 0.182. The molecule has 0 radical (unpaired) electrons. The van der Waals surface area contributed by atoms with Crippen LogP contribution >= 0.6 is 11.3 Å². The maximum Gasteiger partial charge on any atom is 0.434 e. The molecule has 1 aromatic heterocycles. The fourth-order valence-corrected chi connectivity index (χ4v) is 2.00. The highest BCUT2D eigenvalue weighted by Crippen LogP contribution is 2.32. The van der Waals surface area contributed by atoms with Crippen LogP contribution in [0.5, 0.6) is 5.75 Å². The van der Waals surface area contributed by atoms with Crippen molar-refractivity contribution in [1.82, 2.24) is 4.98 Å². The Morgan fingerprint density at radius 3 is 2.39 bits per heavy atom. The van der Waals surface area contributed by atoms with Crippen molar-refractivity contribution in [3.8, 4) is 5.75 Å². The topological polar surface area (TPSA) is 34.1 Å². The Labute approximate surface area is 105 Å². The summed E-state index contributed by atoms with van der Waals surface area (Å²) in [6, 6.07) is 6.82. The lowest BCUT2D eigenvalue weighted by atomic mass is 10.3. The molecule has 0 aliphatic heterocycles. The van der Waals surface area contributed by atoms with E-state index in [4.69, 9.17) is 4.74 Å². The molecule has 0 spiro atoms. The average Bonchev–Trinajstić information content (AvgIpc) is 2.78. The number of hydrogen-bond donors (Lipinski definition) is 1. The van der Waals surface area contributed by atoms with Gasteiger partial charge in [0.05, 0.1) is 7.11 Å². The number of ether oxygens (including phenoxy) is 1. The summed E-state index contributed by atoms with van der Waals surface area (Å²) in [7, 11) is 1.54. The standard InChI is InChI=1S/C11H9F3N2OS/c1-17-8-4-2-7(3-5-8)15-10-16-9(6-18-10)11(12,13)14/h2-6H,1H3,(H,15,16). The molecule has 0 saturated carbocycles. The third-order valence-corrected chi connectivity index (χ3v) is 2.89. The molecule has 0 aliphatic carbocycles. The number of halogens is 3. The van der Waals surface area contributed by atoms with Gasteiger partial charge in [0, 0.05) is 11.1 Å². The molecule has 96 valence electrons. The highest BCUT2D eigenvalue weighted by molar-refractivity contribution is 7.13. The molecule has 18 heavy (non-hydrogen) atoms. The Bertz CT molecular complexity index is 522. The Morgan fingerprint density at radius 1 is 1.22 bits per heavy atom. The summed E-state index contributed by atoms with van der Waals surface area (Å²) in [5.41, 5.74) is -0.234. The predicted octanol–water partition coefficient (Wildman–Crippen LogP) is 3.91. The monoisotopic (exact) mass is 274 g/mol. The van der Waals surface area contributed by atoms with Crippen molar-refractivity contribution in [3.05, 3.63) is 35.3 Å². The lowest BCUT2D eigenvalue weighted by Crippen LogP contribution is -2.05. The van der Waals surface area contributed by atoms with Gasteiger partial charge in [0.1, 0.15) is 5.75 Å². The SMILES string of the molecule is COc1ccc(Nc2nc(C(F)(F)F)cs2)cc1. The zero-order valence-electron chi connectivity index (χ0n) is 9.28. The van der Waals surface area contributed by atoms with E-state index in [1.807, 2.05) is 0 Å². The van der Waals surface area contributed by atoms with Crippen LogP contribution < -0.4 is 10.1 Å². The van der Waals surface area contributed by atoms with E-state index in [-0.39, 0.29) is 5.13 Å². The van der Waals surface area contributed by atoms with E-state index >= 15 is 0 Å². The Hall–Kier alpha value is -1.76. The summed E-state index contributed by atoms with van der Waals surface area (Å²) in [5.74, 6) is 0.677. The van der Waals surface area contributed by atoms with Crippen LogP contribution in [0.25, 0.3) is 0 Å². The average molecular weight is 274 g/mol. The number of thiazole rings is 1. The molecule has 1 heterocycles. The molecule has 0 saturated heterocycles. The van der Waals surface area contributed by atoms with Gasteiger partial charge in [0.2, 0.25) is 0 Å². The van der Waals surface area contributed by atoms with Gasteiger partial charge >= 0.3 is 6.18 Å². The van der Waals surface area contributed by atoms with E-state index in [9.17, 15) is 13.2 Å². The minimum atomic E-state index is -4.41. The molecular weight excluding hydrogens is 265 g/mol. The summed E-state index contributed by atoms with van der Waals surface area (Å²) in [6.07, 6.45) is -4.41. The Balaban J connectivity index is 2.11. The molecule has 3 nitrogen and oxygen atoms in total. The highest BCUT2D eigenvalue weighted by atomic mass is 32.1. The van der Waals surface area contributed by atoms with Crippen molar-refractivity contribution in [1.29, 1.82) is 0 Å². The highest BCUT2D eigenvalue weighted by Gasteiger charge is 2.33. The number of nitrogens with one attached hydrogen (secondary N) is 1. The predicted molar refractivity (Wildman–Crippen MR) is 63.4 cm³/mol. The number of alkyl halides is 3. The minimum Gasteiger partial charge on any atom is -0.497 e. The van der Waals surface area contributed by atoms with Crippen LogP contribution in [0.15, 0.2) is 29.6 Å². The zero-order valence-corrected chi connectivity index (χ0v) is 10.1. The smallest absolute Gasteiger partial charge is 0.434 e. The molecule has 0 amide bonds. The number of aromatic nitrogens is 1. The quantitative estimate of drug-likeness (QED) is 0.921. The van der Waals surface area contributed by atoms with E-state index < -0.39 is 11.9 Å². The second-order valence-electron chi connectivity index (χ2n) is 3.39. The zero-order chi connectivity index (χ0) is 13.2. The van der Waals surface area contributed by atoms with Gasteiger partial charge in [-0.25, -0.2) is 4.98 Å². The Kier molecular flexibility index (Phi) is 3.42. The number of hydrogen-bond acceptors (Lipinski definition) is 4. The summed E-state index contributed by atoms with van der Waals surface area (Å²) >= 11 is 0.908. The first-order valence-electron chi connectivity index (χ1n) is 4.93. The van der Waals surface area contributed by atoms with Crippen molar-refractivity contribution < 1.29 is 17.9 Å². The molecule has 2 rings (SSSR count). The second kappa shape index (κ2) is 4.85. The first-order chi connectivity index (χ1) is 8.49. The van der Waals surface area contributed by atoms with Gasteiger partial charge in [0.25, 0.3) is 0 Å². The van der Waals surface area contributed by atoms with Crippen molar-refractivity contribution in [2.45, 2.75) is 6.18 Å². The number of rotatable bonds is 3. The first-order valence-corrected chi connectivity index (χ1v) is 5.81. The van der Waals surface area contributed by atoms with Crippen LogP contribution in [0.2, 0.25) is 0 Å². The van der Waals surface area contributed by atoms with Crippen molar-refractivity contribution in [3.63, 3.8) is 0 Å². The van der Waals surface area contributed by atoms with Crippen LogP contribution in [-0.4, -0.2) is 12.1 Å². The molecule has 1 aromatic carbocycles. The van der Waals surface area contributed by atoms with Gasteiger partial charge in [-0.2, -0.15) is 13.2 Å². The van der Waals surface area contributed by atoms with Crippen LogP contribution in [0, 0.1) is 0 Å². The molecule has 1 N–H and O–H groups in total. The molecule has 7 heteroatoms. The van der Waals surface area contributed by atoms with Gasteiger partial charge in [-0.15, -0.1) is 11.3 Å². The molecule has 0 fully saturated rings. The van der Waals surface area contributed by atoms with Crippen molar-refractivity contribution >= 4 is 22.2 Å². The maximum atomic E-state index is 12.3. The molecule has 0 atom stereocenters. The molecule has 0 unspecified atom stereocenters.